The number of thioether (sulfide) groups is 1. The molecule has 1 aliphatic heterocycles. The predicted molar refractivity (Wildman–Crippen MR) is 111 cm³/mol. The summed E-state index contributed by atoms with van der Waals surface area (Å²) in [5.74, 6) is -0.318. The number of unbranched alkanes of at least 4 members (excludes halogenated alkanes) is 5. The summed E-state index contributed by atoms with van der Waals surface area (Å²) in [6.07, 6.45) is 6.78. The maximum absolute atomic E-state index is 13.0. The maximum Gasteiger partial charge on any atom is 0.267 e. The van der Waals surface area contributed by atoms with Crippen LogP contribution in [-0.4, -0.2) is 28.5 Å². The summed E-state index contributed by atoms with van der Waals surface area (Å²) in [6.45, 7) is 6.76. The van der Waals surface area contributed by atoms with Crippen molar-refractivity contribution in [3.8, 4) is 0 Å². The summed E-state index contributed by atoms with van der Waals surface area (Å²) < 4.78 is 0. The van der Waals surface area contributed by atoms with E-state index in [0.717, 1.165) is 24.8 Å². The third-order valence-electron chi connectivity index (χ3n) is 4.35. The van der Waals surface area contributed by atoms with E-state index in [2.05, 4.69) is 6.92 Å². The third kappa shape index (κ3) is 5.37. The van der Waals surface area contributed by atoms with Crippen LogP contribution in [0.3, 0.4) is 0 Å². The topological polar surface area (TPSA) is 37.4 Å². The normalized spacial score (nSPS) is 14.9. The van der Waals surface area contributed by atoms with Gasteiger partial charge in [0.15, 0.2) is 0 Å². The van der Waals surface area contributed by atoms with E-state index in [1.54, 1.807) is 12.1 Å². The second kappa shape index (κ2) is 10.2. The van der Waals surface area contributed by atoms with Crippen LogP contribution in [0.5, 0.6) is 0 Å². The van der Waals surface area contributed by atoms with E-state index >= 15 is 0 Å². The molecule has 0 bridgehead atoms. The zero-order chi connectivity index (χ0) is 19.1. The zero-order valence-corrected chi connectivity index (χ0v) is 17.5. The second-order valence-corrected chi connectivity index (χ2v) is 8.93. The van der Waals surface area contributed by atoms with Crippen LogP contribution in [0.15, 0.2) is 29.2 Å². The van der Waals surface area contributed by atoms with Crippen molar-refractivity contribution < 1.29 is 9.59 Å². The van der Waals surface area contributed by atoms with Crippen molar-refractivity contribution in [1.82, 2.24) is 4.90 Å². The molecule has 0 N–H and O–H groups in total. The summed E-state index contributed by atoms with van der Waals surface area (Å²) in [4.78, 5) is 27.8. The quantitative estimate of drug-likeness (QED) is 0.365. The molecule has 5 heteroatoms. The number of halogens is 1. The SMILES string of the molecule is CCCCCCCCN1C(=O)C(SC(C)C)=C(c2ccc(Cl)cc2)C1=O. The van der Waals surface area contributed by atoms with Crippen LogP contribution in [-0.2, 0) is 9.59 Å². The fourth-order valence-electron chi connectivity index (χ4n) is 3.02. The molecule has 2 rings (SSSR count). The number of rotatable bonds is 10. The highest BCUT2D eigenvalue weighted by Gasteiger charge is 2.39. The van der Waals surface area contributed by atoms with E-state index in [9.17, 15) is 9.59 Å². The summed E-state index contributed by atoms with van der Waals surface area (Å²) in [5, 5.41) is 0.853. The van der Waals surface area contributed by atoms with E-state index in [1.807, 2.05) is 26.0 Å². The van der Waals surface area contributed by atoms with E-state index in [0.29, 0.717) is 22.0 Å². The highest BCUT2D eigenvalue weighted by Crippen LogP contribution is 2.38. The minimum Gasteiger partial charge on any atom is -0.274 e. The van der Waals surface area contributed by atoms with Gasteiger partial charge in [-0.3, -0.25) is 14.5 Å². The molecule has 3 nitrogen and oxygen atoms in total. The van der Waals surface area contributed by atoms with Gasteiger partial charge in [-0.1, -0.05) is 76.6 Å². The number of hydrogen-bond donors (Lipinski definition) is 0. The smallest absolute Gasteiger partial charge is 0.267 e. The first kappa shape index (κ1) is 21.0. The number of amides is 2. The lowest BCUT2D eigenvalue weighted by Gasteiger charge is -2.15. The van der Waals surface area contributed by atoms with Crippen LogP contribution in [0.2, 0.25) is 5.02 Å². The van der Waals surface area contributed by atoms with Gasteiger partial charge >= 0.3 is 0 Å². The minimum atomic E-state index is -0.172. The molecule has 1 aromatic carbocycles. The number of nitrogens with zero attached hydrogens (tertiary/aromatic N) is 1. The summed E-state index contributed by atoms with van der Waals surface area (Å²) >= 11 is 7.44. The average Bonchev–Trinajstić information content (AvgIpc) is 2.82. The number of carbonyl (C=O) groups is 2. The van der Waals surface area contributed by atoms with Crippen molar-refractivity contribution in [3.05, 3.63) is 39.8 Å². The first-order chi connectivity index (χ1) is 12.5. The Morgan fingerprint density at radius 3 is 2.19 bits per heavy atom. The molecular formula is C21H28ClNO2S. The molecule has 0 atom stereocenters. The molecule has 0 spiro atoms. The van der Waals surface area contributed by atoms with Gasteiger partial charge in [-0.15, -0.1) is 11.8 Å². The number of carbonyl (C=O) groups excluding carboxylic acids is 2. The van der Waals surface area contributed by atoms with Gasteiger partial charge in [-0.2, -0.15) is 0 Å². The van der Waals surface area contributed by atoms with Gasteiger partial charge < -0.3 is 0 Å². The summed E-state index contributed by atoms with van der Waals surface area (Å²) in [7, 11) is 0. The van der Waals surface area contributed by atoms with Gasteiger partial charge in [-0.25, -0.2) is 0 Å². The summed E-state index contributed by atoms with van der Waals surface area (Å²) in [6, 6.07) is 7.15. The van der Waals surface area contributed by atoms with Crippen LogP contribution in [0.1, 0.15) is 64.9 Å². The molecule has 0 unspecified atom stereocenters. The van der Waals surface area contributed by atoms with Crippen LogP contribution < -0.4 is 0 Å². The van der Waals surface area contributed by atoms with Crippen molar-refractivity contribution in [2.75, 3.05) is 6.54 Å². The molecule has 0 saturated carbocycles. The van der Waals surface area contributed by atoms with E-state index in [1.165, 1.54) is 35.9 Å². The maximum atomic E-state index is 13.0. The van der Waals surface area contributed by atoms with Crippen LogP contribution >= 0.6 is 23.4 Å². The first-order valence-electron chi connectivity index (χ1n) is 9.48. The van der Waals surface area contributed by atoms with Gasteiger partial charge in [0.2, 0.25) is 0 Å². The Hall–Kier alpha value is -1.26. The lowest BCUT2D eigenvalue weighted by molar-refractivity contribution is -0.136. The van der Waals surface area contributed by atoms with Gasteiger partial charge in [0, 0.05) is 16.8 Å². The fraction of sp³-hybridized carbons (Fsp3) is 0.524. The van der Waals surface area contributed by atoms with Crippen molar-refractivity contribution in [3.63, 3.8) is 0 Å². The second-order valence-electron chi connectivity index (χ2n) is 6.91. The Morgan fingerprint density at radius 2 is 1.58 bits per heavy atom. The average molecular weight is 394 g/mol. The number of hydrogen-bond acceptors (Lipinski definition) is 3. The Balaban J connectivity index is 2.12. The van der Waals surface area contributed by atoms with Crippen molar-refractivity contribution in [2.45, 2.75) is 64.5 Å². The Labute approximate surface area is 166 Å². The van der Waals surface area contributed by atoms with Crippen LogP contribution in [0.4, 0.5) is 0 Å². The molecule has 1 heterocycles. The van der Waals surface area contributed by atoms with Crippen molar-refractivity contribution in [1.29, 1.82) is 0 Å². The van der Waals surface area contributed by atoms with Gasteiger partial charge in [0.05, 0.1) is 10.5 Å². The van der Waals surface area contributed by atoms with Crippen molar-refractivity contribution in [2.24, 2.45) is 0 Å². The molecule has 1 aliphatic rings. The minimum absolute atomic E-state index is 0.146. The van der Waals surface area contributed by atoms with Crippen LogP contribution in [0.25, 0.3) is 5.57 Å². The molecule has 0 radical (unpaired) electrons. The highest BCUT2D eigenvalue weighted by molar-refractivity contribution is 8.04. The molecule has 2 amide bonds. The number of benzene rings is 1. The Bertz CT molecular complexity index is 667. The van der Waals surface area contributed by atoms with Crippen LogP contribution in [0, 0.1) is 0 Å². The molecule has 1 aromatic rings. The fourth-order valence-corrected chi connectivity index (χ4v) is 4.15. The summed E-state index contributed by atoms with van der Waals surface area (Å²) in [5.41, 5.74) is 1.29. The largest absolute Gasteiger partial charge is 0.274 e. The molecule has 0 saturated heterocycles. The molecular weight excluding hydrogens is 366 g/mol. The molecule has 142 valence electrons. The Kier molecular flexibility index (Phi) is 8.23. The third-order valence-corrected chi connectivity index (χ3v) is 5.69. The Morgan fingerprint density at radius 1 is 0.962 bits per heavy atom. The van der Waals surface area contributed by atoms with E-state index in [-0.39, 0.29) is 17.1 Å². The van der Waals surface area contributed by atoms with Crippen molar-refractivity contribution >= 4 is 40.8 Å². The predicted octanol–water partition coefficient (Wildman–Crippen LogP) is 5.92. The van der Waals surface area contributed by atoms with Gasteiger partial charge in [0.25, 0.3) is 11.8 Å². The lowest BCUT2D eigenvalue weighted by atomic mass is 10.1. The van der Waals surface area contributed by atoms with E-state index < -0.39 is 0 Å². The molecule has 26 heavy (non-hydrogen) atoms. The monoisotopic (exact) mass is 393 g/mol. The van der Waals surface area contributed by atoms with E-state index in [4.69, 9.17) is 11.6 Å². The highest BCUT2D eigenvalue weighted by atomic mass is 35.5. The lowest BCUT2D eigenvalue weighted by Crippen LogP contribution is -2.32. The van der Waals surface area contributed by atoms with Gasteiger partial charge in [0.1, 0.15) is 0 Å². The van der Waals surface area contributed by atoms with Gasteiger partial charge in [-0.05, 0) is 24.1 Å². The molecule has 0 fully saturated rings. The molecule has 0 aromatic heterocycles. The number of imide groups is 1. The zero-order valence-electron chi connectivity index (χ0n) is 15.9. The standard InChI is InChI=1S/C21H28ClNO2S/c1-4-5-6-7-8-9-14-23-20(24)18(16-10-12-17(22)13-11-16)19(21(23)25)26-15(2)3/h10-13,15H,4-9,14H2,1-3H3. The molecule has 0 aliphatic carbocycles. The first-order valence-corrected chi connectivity index (χ1v) is 10.7.